The Morgan fingerprint density at radius 2 is 1.71 bits per heavy atom. The van der Waals surface area contributed by atoms with Crippen molar-refractivity contribution in [2.24, 2.45) is 27.1 Å². The lowest BCUT2D eigenvalue weighted by atomic mass is 9.97. The second-order valence-corrected chi connectivity index (χ2v) is 8.07. The normalized spacial score (nSPS) is 12.7. The van der Waals surface area contributed by atoms with Crippen molar-refractivity contribution in [1.29, 1.82) is 0 Å². The summed E-state index contributed by atoms with van der Waals surface area (Å²) < 4.78 is 3.85. The van der Waals surface area contributed by atoms with Crippen LogP contribution in [0.4, 0.5) is 0 Å². The van der Waals surface area contributed by atoms with Gasteiger partial charge in [0.15, 0.2) is 11.2 Å². The van der Waals surface area contributed by atoms with Gasteiger partial charge in [0.2, 0.25) is 5.82 Å². The standard InChI is InChI=1S/C20H33N5O3/c1-8-9-10-11-14(12-13(2)3)22(4)19(27)17-21-16-15(23(17)5)18(26)25(7)20(28)24(16)6/h13-14H,8-12H2,1-7H3. The van der Waals surface area contributed by atoms with E-state index in [-0.39, 0.29) is 28.9 Å². The zero-order valence-corrected chi connectivity index (χ0v) is 18.2. The van der Waals surface area contributed by atoms with Crippen LogP contribution in [0.1, 0.15) is 63.5 Å². The molecular weight excluding hydrogens is 358 g/mol. The molecule has 156 valence electrons. The molecule has 2 rings (SSSR count). The highest BCUT2D eigenvalue weighted by molar-refractivity contribution is 5.94. The maximum atomic E-state index is 13.2. The number of imidazole rings is 1. The molecule has 0 aromatic carbocycles. The number of carbonyl (C=O) groups is 1. The van der Waals surface area contributed by atoms with Crippen molar-refractivity contribution in [3.05, 3.63) is 26.7 Å². The van der Waals surface area contributed by atoms with Gasteiger partial charge in [-0.25, -0.2) is 9.78 Å². The molecule has 0 saturated carbocycles. The van der Waals surface area contributed by atoms with E-state index in [0.29, 0.717) is 5.92 Å². The number of carbonyl (C=O) groups excluding carboxylic acids is 1. The number of fused-ring (bicyclic) bond motifs is 1. The fourth-order valence-electron chi connectivity index (χ4n) is 3.68. The van der Waals surface area contributed by atoms with Crippen molar-refractivity contribution in [3.63, 3.8) is 0 Å². The molecule has 0 saturated heterocycles. The van der Waals surface area contributed by atoms with E-state index in [1.807, 2.05) is 0 Å². The lowest BCUT2D eigenvalue weighted by Gasteiger charge is -2.29. The number of amides is 1. The monoisotopic (exact) mass is 391 g/mol. The molecule has 2 aromatic heterocycles. The molecule has 8 nitrogen and oxygen atoms in total. The van der Waals surface area contributed by atoms with Gasteiger partial charge in [-0.2, -0.15) is 0 Å². The van der Waals surface area contributed by atoms with Gasteiger partial charge >= 0.3 is 5.69 Å². The van der Waals surface area contributed by atoms with E-state index in [0.717, 1.165) is 36.7 Å². The van der Waals surface area contributed by atoms with Gasteiger partial charge in [-0.3, -0.25) is 18.7 Å². The summed E-state index contributed by atoms with van der Waals surface area (Å²) in [6.45, 7) is 6.47. The third-order valence-electron chi connectivity index (χ3n) is 5.42. The summed E-state index contributed by atoms with van der Waals surface area (Å²) in [5.74, 6) is 0.422. The first-order valence-corrected chi connectivity index (χ1v) is 10.0. The molecule has 0 radical (unpaired) electrons. The summed E-state index contributed by atoms with van der Waals surface area (Å²) in [4.78, 5) is 44.1. The van der Waals surface area contributed by atoms with E-state index in [1.165, 1.54) is 16.2 Å². The minimum Gasteiger partial charge on any atom is -0.336 e. The second-order valence-electron chi connectivity index (χ2n) is 8.07. The van der Waals surface area contributed by atoms with E-state index in [9.17, 15) is 14.4 Å². The predicted octanol–water partition coefficient (Wildman–Crippen LogP) is 2.04. The van der Waals surface area contributed by atoms with Gasteiger partial charge in [0, 0.05) is 34.2 Å². The van der Waals surface area contributed by atoms with E-state index in [2.05, 4.69) is 25.8 Å². The van der Waals surface area contributed by atoms with Crippen LogP contribution in [-0.4, -0.2) is 42.6 Å². The summed E-state index contributed by atoms with van der Waals surface area (Å²) in [6, 6.07) is 0.116. The summed E-state index contributed by atoms with van der Waals surface area (Å²) in [7, 11) is 6.44. The maximum Gasteiger partial charge on any atom is 0.332 e. The molecule has 0 bridgehead atoms. The van der Waals surface area contributed by atoms with E-state index >= 15 is 0 Å². The molecule has 8 heteroatoms. The number of unbranched alkanes of at least 4 members (excludes halogenated alkanes) is 2. The fourth-order valence-corrected chi connectivity index (χ4v) is 3.68. The first kappa shape index (κ1) is 21.9. The Balaban J connectivity index is 2.46. The smallest absolute Gasteiger partial charge is 0.332 e. The molecule has 2 aromatic rings. The van der Waals surface area contributed by atoms with Gasteiger partial charge in [0.1, 0.15) is 0 Å². The second kappa shape index (κ2) is 8.75. The molecule has 28 heavy (non-hydrogen) atoms. The molecule has 0 aliphatic heterocycles. The number of hydrogen-bond donors (Lipinski definition) is 0. The van der Waals surface area contributed by atoms with Crippen molar-refractivity contribution in [2.75, 3.05) is 7.05 Å². The van der Waals surface area contributed by atoms with Crippen LogP contribution < -0.4 is 11.2 Å². The molecule has 0 N–H and O–H groups in total. The number of nitrogens with zero attached hydrogens (tertiary/aromatic N) is 5. The van der Waals surface area contributed by atoms with Crippen LogP contribution in [0.15, 0.2) is 9.59 Å². The zero-order valence-electron chi connectivity index (χ0n) is 18.2. The highest BCUT2D eigenvalue weighted by atomic mass is 16.2. The average Bonchev–Trinajstić information content (AvgIpc) is 3.00. The first-order chi connectivity index (χ1) is 13.1. The molecule has 2 heterocycles. The van der Waals surface area contributed by atoms with Crippen molar-refractivity contribution >= 4 is 17.1 Å². The summed E-state index contributed by atoms with van der Waals surface area (Å²) in [6.07, 6.45) is 5.20. The van der Waals surface area contributed by atoms with E-state index in [1.54, 1.807) is 26.0 Å². The van der Waals surface area contributed by atoms with Crippen LogP contribution in [0, 0.1) is 5.92 Å². The highest BCUT2D eigenvalue weighted by Crippen LogP contribution is 2.20. The summed E-state index contributed by atoms with van der Waals surface area (Å²) >= 11 is 0. The van der Waals surface area contributed by atoms with Crippen molar-refractivity contribution in [2.45, 2.75) is 58.9 Å². The van der Waals surface area contributed by atoms with Crippen LogP contribution in [0.2, 0.25) is 0 Å². The van der Waals surface area contributed by atoms with Gasteiger partial charge in [-0.15, -0.1) is 0 Å². The molecule has 1 unspecified atom stereocenters. The quantitative estimate of drug-likeness (QED) is 0.645. The molecule has 1 atom stereocenters. The predicted molar refractivity (Wildman–Crippen MR) is 111 cm³/mol. The van der Waals surface area contributed by atoms with E-state index < -0.39 is 11.2 Å². The Morgan fingerprint density at radius 1 is 1.07 bits per heavy atom. The van der Waals surface area contributed by atoms with Crippen molar-refractivity contribution in [3.8, 4) is 0 Å². The van der Waals surface area contributed by atoms with Crippen molar-refractivity contribution < 1.29 is 4.79 Å². The van der Waals surface area contributed by atoms with Gasteiger partial charge in [-0.1, -0.05) is 40.0 Å². The van der Waals surface area contributed by atoms with Gasteiger partial charge in [0.25, 0.3) is 11.5 Å². The van der Waals surface area contributed by atoms with Gasteiger partial charge in [0.05, 0.1) is 0 Å². The number of rotatable bonds is 8. The lowest BCUT2D eigenvalue weighted by molar-refractivity contribution is 0.0686. The van der Waals surface area contributed by atoms with Crippen LogP contribution in [0.25, 0.3) is 11.2 Å². The van der Waals surface area contributed by atoms with Crippen molar-refractivity contribution in [1.82, 2.24) is 23.6 Å². The highest BCUT2D eigenvalue weighted by Gasteiger charge is 2.27. The Kier molecular flexibility index (Phi) is 6.85. The number of aryl methyl sites for hydroxylation is 2. The van der Waals surface area contributed by atoms with Gasteiger partial charge < -0.3 is 9.47 Å². The SMILES string of the molecule is CCCCCC(CC(C)C)N(C)C(=O)c1nc2c(c(=O)n(C)c(=O)n2C)n1C. The maximum absolute atomic E-state index is 13.2. The topological polar surface area (TPSA) is 82.1 Å². The number of hydrogen-bond acceptors (Lipinski definition) is 4. The Hall–Kier alpha value is -2.38. The van der Waals surface area contributed by atoms with Crippen LogP contribution in [-0.2, 0) is 21.1 Å². The Bertz CT molecular complexity index is 967. The average molecular weight is 392 g/mol. The number of aromatic nitrogens is 4. The largest absolute Gasteiger partial charge is 0.336 e. The fraction of sp³-hybridized carbons (Fsp3) is 0.700. The third kappa shape index (κ3) is 4.05. The molecule has 1 amide bonds. The Morgan fingerprint density at radius 3 is 2.29 bits per heavy atom. The van der Waals surface area contributed by atoms with E-state index in [4.69, 9.17) is 0 Å². The molecule has 0 spiro atoms. The molecular formula is C20H33N5O3. The minimum absolute atomic E-state index is 0.116. The van der Waals surface area contributed by atoms with Crippen LogP contribution >= 0.6 is 0 Å². The van der Waals surface area contributed by atoms with Crippen LogP contribution in [0.3, 0.4) is 0 Å². The zero-order chi connectivity index (χ0) is 21.2. The molecule has 0 fully saturated rings. The van der Waals surface area contributed by atoms with Gasteiger partial charge in [-0.05, 0) is 18.8 Å². The Labute approximate surface area is 165 Å². The minimum atomic E-state index is -0.458. The molecule has 0 aliphatic rings. The first-order valence-electron chi connectivity index (χ1n) is 10.0. The third-order valence-corrected chi connectivity index (χ3v) is 5.42. The molecule has 0 aliphatic carbocycles. The summed E-state index contributed by atoms with van der Waals surface area (Å²) in [5, 5.41) is 0. The lowest BCUT2D eigenvalue weighted by Crippen LogP contribution is -2.39. The van der Waals surface area contributed by atoms with Crippen LogP contribution in [0.5, 0.6) is 0 Å². The summed E-state index contributed by atoms with van der Waals surface area (Å²) in [5.41, 5.74) is -0.414.